The van der Waals surface area contributed by atoms with E-state index in [9.17, 15) is 59.1 Å². The SMILES string of the molecule is CO.CO.COC(=O)C1(c2ccc(O)c(O)c2)CC1.COC(=O)C1(c2ccc(O)c(O)c2)CC1.COC(=O)C1(c2ccc3c(c2)OC2(CCC2)O3)CC1.O=C(O)C1(c2ccc(O)c(O)c2)CC1.O=C(O)C1(c2ccc(O)c(O)c2)CC1.O=C(O)C1(c2ccc3c(c2)OC2(CCC2)O3)CC1.O=C1CCC1.[Li+].[OH-]. The number of phenols is 8. The number of aliphatic carboxylic acids is 3. The number of phenolic OH excluding ortho intramolecular Hbond substituents is 8. The summed E-state index contributed by atoms with van der Waals surface area (Å²) >= 11 is 0. The predicted molar refractivity (Wildman–Crippen MR) is 369 cm³/mol. The first-order valence-electron chi connectivity index (χ1n) is 34.0. The zero-order valence-electron chi connectivity index (χ0n) is 59.7. The number of hydrogen-bond acceptors (Lipinski definition) is 25. The second kappa shape index (κ2) is 33.1. The molecule has 14 N–H and O–H groups in total. The number of aromatic hydroxyl groups is 8. The first-order chi connectivity index (χ1) is 49.5. The molecule has 0 aromatic heterocycles. The molecule has 6 aromatic carbocycles. The van der Waals surface area contributed by atoms with E-state index in [0.717, 1.165) is 139 Å². The number of carbonyl (C=O) groups is 7. The van der Waals surface area contributed by atoms with Gasteiger partial charge in [0.1, 0.15) is 5.78 Å². The molecule has 0 unspecified atom stereocenters. The Bertz CT molecular complexity index is 4040. The predicted octanol–water partition coefficient (Wildman–Crippen LogP) is 6.81. The smallest absolute Gasteiger partial charge is 0.870 e. The van der Waals surface area contributed by atoms with Gasteiger partial charge < -0.3 is 105 Å². The molecule has 11 aliphatic rings. The molecule has 106 heavy (non-hydrogen) atoms. The van der Waals surface area contributed by atoms with Crippen molar-refractivity contribution in [2.45, 2.75) is 179 Å². The van der Waals surface area contributed by atoms with Crippen molar-refractivity contribution in [2.24, 2.45) is 0 Å². The third-order valence-electron chi connectivity index (χ3n) is 20.9. The van der Waals surface area contributed by atoms with E-state index >= 15 is 0 Å². The first kappa shape index (κ1) is 83.2. The molecule has 0 saturated heterocycles. The van der Waals surface area contributed by atoms with Gasteiger partial charge in [-0.1, -0.05) is 36.4 Å². The van der Waals surface area contributed by atoms with Crippen LogP contribution in [0.25, 0.3) is 0 Å². The van der Waals surface area contributed by atoms with Crippen molar-refractivity contribution in [3.63, 3.8) is 0 Å². The Morgan fingerprint density at radius 1 is 0.311 bits per heavy atom. The van der Waals surface area contributed by atoms with Gasteiger partial charge in [-0.15, -0.1) is 0 Å². The fraction of sp³-hybridized carbons (Fsp3) is 0.442. The molecule has 0 atom stereocenters. The molecule has 2 aliphatic heterocycles. The maximum atomic E-state index is 11.9. The van der Waals surface area contributed by atoms with Crippen molar-refractivity contribution >= 4 is 41.6 Å². The Labute approximate surface area is 622 Å². The minimum absolute atomic E-state index is 0. The second-order valence-electron chi connectivity index (χ2n) is 27.3. The molecule has 2 heterocycles. The summed E-state index contributed by atoms with van der Waals surface area (Å²) < 4.78 is 37.8. The van der Waals surface area contributed by atoms with Gasteiger partial charge in [0.05, 0.1) is 53.8 Å². The third kappa shape index (κ3) is 17.1. The van der Waals surface area contributed by atoms with Crippen LogP contribution in [0, 0.1) is 0 Å². The van der Waals surface area contributed by atoms with Crippen LogP contribution in [0.15, 0.2) is 109 Å². The molecule has 28 nitrogen and oxygen atoms in total. The third-order valence-corrected chi connectivity index (χ3v) is 20.9. The number of methoxy groups -OCH3 is 3. The summed E-state index contributed by atoms with van der Waals surface area (Å²) in [5.41, 5.74) is 0.369. The number of fused-ring (bicyclic) bond motifs is 2. The second-order valence-corrected chi connectivity index (χ2v) is 27.3. The summed E-state index contributed by atoms with van der Waals surface area (Å²) in [4.78, 5) is 78.0. The number of carboxylic acids is 3. The van der Waals surface area contributed by atoms with Crippen molar-refractivity contribution < 1.29 is 157 Å². The van der Waals surface area contributed by atoms with E-state index in [-0.39, 0.29) is 88.2 Å². The monoisotopic (exact) mass is 1470 g/mol. The van der Waals surface area contributed by atoms with E-state index in [1.807, 2.05) is 36.4 Å². The van der Waals surface area contributed by atoms with Gasteiger partial charge in [-0.3, -0.25) is 33.6 Å². The van der Waals surface area contributed by atoms with Crippen LogP contribution < -0.4 is 37.8 Å². The molecule has 566 valence electrons. The van der Waals surface area contributed by atoms with Crippen LogP contribution >= 0.6 is 0 Å². The molecule has 9 saturated carbocycles. The molecule has 17 rings (SSSR count). The Hall–Kier alpha value is -10.1. The van der Waals surface area contributed by atoms with Gasteiger partial charge in [-0.25, -0.2) is 0 Å². The number of Topliss-reactive ketones (excluding diaryl/α,β-unsaturated/α-hetero) is 1. The quantitative estimate of drug-likeness (QED) is 0.0259. The summed E-state index contributed by atoms with van der Waals surface area (Å²) in [5.74, 6) is -2.36. The number of aliphatic hydroxyl groups is 2. The van der Waals surface area contributed by atoms with Crippen LogP contribution in [0.2, 0.25) is 0 Å². The van der Waals surface area contributed by atoms with Crippen LogP contribution in [0.4, 0.5) is 0 Å². The standard InChI is InChI=1S/C15H16O4.C14H14O4.2C11H12O4.2C10H10O4.C4H6O.2CH4O.Li.H2O/c1-17-13(16)14(7-8-14)10-3-4-11-12(9-10)19-15(18-11)5-2-6-15;15-12(16)13(6-7-13)9-2-3-10-11(8-9)18-14(17-10)4-1-5-14;2*1-15-10(14)11(4-5-11)7-2-3-8(12)9(13)6-7;2*11-7-2-1-6(5-8(7)12)10(3-4-10)9(13)14;5-4-2-1-3-4;2*1-2;;/h3-4,9H,2,5-8H2,1H3;2-3,8H,1,4-7H2,(H,15,16);2*2-3,6,12-13H,4-5H2,1H3;2*1-2,5,11-12H,3-4H2,(H,13,14);1-3H2;2*2H,1H3;;1H2/q;;;;;;;;;+1;/p-1. The summed E-state index contributed by atoms with van der Waals surface area (Å²) in [6.07, 6.45) is 17.2. The van der Waals surface area contributed by atoms with Crippen molar-refractivity contribution in [2.75, 3.05) is 35.5 Å². The topological polar surface area (TPSA) is 477 Å². The maximum Gasteiger partial charge on any atom is 1.00 e. The molecule has 29 heteroatoms. The number of aliphatic hydroxyl groups excluding tert-OH is 2. The fourth-order valence-corrected chi connectivity index (χ4v) is 12.8. The Kier molecular flexibility index (Phi) is 26.0. The first-order valence-corrected chi connectivity index (χ1v) is 34.0. The van der Waals surface area contributed by atoms with Gasteiger partial charge in [0.15, 0.2) is 69.0 Å². The van der Waals surface area contributed by atoms with Gasteiger partial charge in [-0.05, 0) is 202 Å². The average molecular weight is 1470 g/mol. The van der Waals surface area contributed by atoms with E-state index in [1.165, 1.54) is 82.0 Å². The van der Waals surface area contributed by atoms with Gasteiger partial charge in [-0.2, -0.15) is 0 Å². The molecule has 9 aliphatic carbocycles. The average Bonchev–Trinajstić information content (AvgIpc) is 1.77. The van der Waals surface area contributed by atoms with Crippen molar-refractivity contribution in [3.8, 4) is 69.0 Å². The minimum atomic E-state index is -0.873. The van der Waals surface area contributed by atoms with Crippen LogP contribution in [0.1, 0.15) is 168 Å². The molecular formula is C77H89LiO28. The van der Waals surface area contributed by atoms with E-state index < -0.39 is 62.0 Å². The number of carbonyl (C=O) groups excluding carboxylic acids is 4. The maximum absolute atomic E-state index is 11.9. The van der Waals surface area contributed by atoms with Gasteiger partial charge in [0, 0.05) is 52.7 Å². The van der Waals surface area contributed by atoms with Crippen LogP contribution in [0.3, 0.4) is 0 Å². The molecular weight excluding hydrogens is 1380 g/mol. The number of rotatable bonds is 12. The van der Waals surface area contributed by atoms with Gasteiger partial charge in [0.2, 0.25) is 0 Å². The van der Waals surface area contributed by atoms with Gasteiger partial charge >= 0.3 is 54.7 Å². The number of benzene rings is 6. The van der Waals surface area contributed by atoms with Crippen molar-refractivity contribution in [3.05, 3.63) is 143 Å². The Morgan fingerprint density at radius 2 is 0.519 bits per heavy atom. The zero-order valence-corrected chi connectivity index (χ0v) is 59.7. The summed E-state index contributed by atoms with van der Waals surface area (Å²) in [5, 5.41) is 115. The van der Waals surface area contributed by atoms with Crippen molar-refractivity contribution in [1.29, 1.82) is 0 Å². The fourth-order valence-electron chi connectivity index (χ4n) is 12.8. The number of ketones is 1. The summed E-state index contributed by atoms with van der Waals surface area (Å²) in [7, 11) is 6.14. The normalized spacial score (nSPS) is 19.1. The number of ether oxygens (including phenoxy) is 7. The van der Waals surface area contributed by atoms with Gasteiger partial charge in [0.25, 0.3) is 11.6 Å². The van der Waals surface area contributed by atoms with E-state index in [1.54, 1.807) is 12.1 Å². The van der Waals surface area contributed by atoms with Crippen LogP contribution in [-0.4, -0.2) is 161 Å². The van der Waals surface area contributed by atoms with Crippen LogP contribution in [-0.2, 0) is 80.3 Å². The number of esters is 3. The Morgan fingerprint density at radius 3 is 0.698 bits per heavy atom. The largest absolute Gasteiger partial charge is 1.00 e. The molecule has 9 fully saturated rings. The number of carboxylic acid groups (broad SMARTS) is 3. The molecule has 0 bridgehead atoms. The van der Waals surface area contributed by atoms with E-state index in [2.05, 4.69) is 0 Å². The number of hydrogen-bond donors (Lipinski definition) is 13. The molecule has 0 radical (unpaired) electrons. The zero-order chi connectivity index (χ0) is 76.0. The molecule has 0 amide bonds. The molecule has 2 spiro atoms. The molecule has 6 aromatic rings. The minimum Gasteiger partial charge on any atom is -0.870 e. The van der Waals surface area contributed by atoms with Crippen LogP contribution in [0.5, 0.6) is 69.0 Å². The van der Waals surface area contributed by atoms with E-state index in [4.69, 9.17) is 74.0 Å². The summed E-state index contributed by atoms with van der Waals surface area (Å²) in [6.45, 7) is 0. The summed E-state index contributed by atoms with van der Waals surface area (Å²) in [6, 6.07) is 28.6. The Balaban J connectivity index is 0.000000173. The van der Waals surface area contributed by atoms with Crippen molar-refractivity contribution in [1.82, 2.24) is 0 Å². The van der Waals surface area contributed by atoms with E-state index in [0.29, 0.717) is 72.3 Å².